The number of hydrogen-bond donors (Lipinski definition) is 1. The van der Waals surface area contributed by atoms with E-state index in [0.717, 1.165) is 0 Å². The van der Waals surface area contributed by atoms with Crippen LogP contribution in [0.25, 0.3) is 0 Å². The number of hydrogen-bond acceptors (Lipinski definition) is 2. The van der Waals surface area contributed by atoms with E-state index in [9.17, 15) is 4.39 Å². The lowest BCUT2D eigenvalue weighted by molar-refractivity contribution is 0.478. The van der Waals surface area contributed by atoms with Gasteiger partial charge in [-0.15, -0.1) is 0 Å². The number of nitrogen functional groups attached to an aromatic ring is 1. The molecule has 94 valence electrons. The zero-order valence-electron chi connectivity index (χ0n) is 8.88. The van der Waals surface area contributed by atoms with E-state index in [0.29, 0.717) is 25.1 Å². The number of nitrogens with two attached hydrogens (primary N) is 1. The van der Waals surface area contributed by atoms with Crippen molar-refractivity contribution >= 4 is 51.5 Å². The van der Waals surface area contributed by atoms with Crippen molar-refractivity contribution in [3.63, 3.8) is 0 Å². The number of benzene rings is 2. The normalized spacial score (nSPS) is 10.4. The molecule has 6 heteroatoms. The first-order chi connectivity index (χ1) is 8.47. The highest BCUT2D eigenvalue weighted by Crippen LogP contribution is 2.33. The van der Waals surface area contributed by atoms with Crippen molar-refractivity contribution in [1.82, 2.24) is 0 Å². The molecule has 0 aliphatic carbocycles. The summed E-state index contributed by atoms with van der Waals surface area (Å²) >= 11 is 13.5. The van der Waals surface area contributed by atoms with Crippen LogP contribution in [0, 0.1) is 9.39 Å². The number of ether oxygens (including phenoxy) is 1. The van der Waals surface area contributed by atoms with Crippen LogP contribution in [0.3, 0.4) is 0 Å². The molecule has 0 atom stereocenters. The summed E-state index contributed by atoms with van der Waals surface area (Å²) in [6, 6.07) is 7.50. The zero-order valence-corrected chi connectivity index (χ0v) is 12.6. The molecule has 0 aromatic heterocycles. The van der Waals surface area contributed by atoms with Gasteiger partial charge >= 0.3 is 0 Å². The Labute approximate surface area is 127 Å². The smallest absolute Gasteiger partial charge is 0.153 e. The minimum atomic E-state index is -0.389. The molecule has 0 radical (unpaired) electrons. The quantitative estimate of drug-likeness (QED) is 0.564. The monoisotopic (exact) mass is 397 g/mol. The van der Waals surface area contributed by atoms with Crippen LogP contribution in [-0.4, -0.2) is 0 Å². The molecule has 0 spiro atoms. The number of rotatable bonds is 2. The highest BCUT2D eigenvalue weighted by Gasteiger charge is 2.09. The maximum absolute atomic E-state index is 13.4. The van der Waals surface area contributed by atoms with E-state index < -0.39 is 0 Å². The summed E-state index contributed by atoms with van der Waals surface area (Å²) in [4.78, 5) is 0. The lowest BCUT2D eigenvalue weighted by Gasteiger charge is -2.10. The molecule has 2 N–H and O–H groups in total. The number of halogens is 4. The van der Waals surface area contributed by atoms with Crippen LogP contribution < -0.4 is 10.5 Å². The van der Waals surface area contributed by atoms with Gasteiger partial charge in [0, 0.05) is 12.1 Å². The Morgan fingerprint density at radius 2 is 1.83 bits per heavy atom. The fourth-order valence-corrected chi connectivity index (χ4v) is 2.08. The minimum Gasteiger partial charge on any atom is -0.455 e. The summed E-state index contributed by atoms with van der Waals surface area (Å²) in [6.45, 7) is 0. The average Bonchev–Trinajstić information content (AvgIpc) is 2.31. The molecule has 2 rings (SSSR count). The molecule has 0 heterocycles. The lowest BCUT2D eigenvalue weighted by atomic mass is 10.3. The van der Waals surface area contributed by atoms with Crippen molar-refractivity contribution in [2.75, 3.05) is 5.73 Å². The highest BCUT2D eigenvalue weighted by molar-refractivity contribution is 14.1. The molecule has 2 nitrogen and oxygen atoms in total. The fourth-order valence-electron chi connectivity index (χ4n) is 1.30. The zero-order chi connectivity index (χ0) is 13.3. The predicted molar refractivity (Wildman–Crippen MR) is 80.1 cm³/mol. The molecule has 0 aliphatic heterocycles. The molecule has 0 amide bonds. The van der Waals surface area contributed by atoms with Gasteiger partial charge in [-0.2, -0.15) is 0 Å². The van der Waals surface area contributed by atoms with Gasteiger partial charge in [-0.3, -0.25) is 0 Å². The van der Waals surface area contributed by atoms with E-state index in [1.54, 1.807) is 18.2 Å². The maximum atomic E-state index is 13.4. The van der Waals surface area contributed by atoms with Crippen LogP contribution in [0.5, 0.6) is 11.5 Å². The molecule has 0 fully saturated rings. The van der Waals surface area contributed by atoms with E-state index in [1.165, 1.54) is 12.1 Å². The van der Waals surface area contributed by atoms with Crippen molar-refractivity contribution in [3.8, 4) is 11.5 Å². The van der Waals surface area contributed by atoms with Crippen LogP contribution in [-0.2, 0) is 0 Å². The Morgan fingerprint density at radius 3 is 2.50 bits per heavy atom. The second-order valence-electron chi connectivity index (χ2n) is 3.48. The van der Waals surface area contributed by atoms with E-state index in [4.69, 9.17) is 33.7 Å². The molecular weight excluding hydrogens is 391 g/mol. The van der Waals surface area contributed by atoms with Crippen LogP contribution in [0.4, 0.5) is 10.1 Å². The predicted octanol–water partition coefficient (Wildman–Crippen LogP) is 5.11. The highest BCUT2D eigenvalue weighted by atomic mass is 127. The fraction of sp³-hybridized carbons (Fsp3) is 0. The third-order valence-corrected chi connectivity index (χ3v) is 3.74. The Bertz CT molecular complexity index is 607. The van der Waals surface area contributed by atoms with Gasteiger partial charge in [0.1, 0.15) is 11.6 Å². The maximum Gasteiger partial charge on any atom is 0.153 e. The Kier molecular flexibility index (Phi) is 4.19. The molecule has 0 aliphatic rings. The molecule has 2 aromatic carbocycles. The summed E-state index contributed by atoms with van der Waals surface area (Å²) in [5.41, 5.74) is 6.10. The first-order valence-corrected chi connectivity index (χ1v) is 6.68. The second kappa shape index (κ2) is 5.50. The van der Waals surface area contributed by atoms with Crippen molar-refractivity contribution in [3.05, 3.63) is 49.8 Å². The van der Waals surface area contributed by atoms with Crippen LogP contribution in [0.15, 0.2) is 30.3 Å². The Morgan fingerprint density at radius 1 is 1.11 bits per heavy atom. The summed E-state index contributed by atoms with van der Waals surface area (Å²) in [5, 5.41) is 0.782. The van der Waals surface area contributed by atoms with Gasteiger partial charge in [-0.05, 0) is 40.8 Å². The third kappa shape index (κ3) is 2.99. The van der Waals surface area contributed by atoms with E-state index in [-0.39, 0.29) is 11.6 Å². The van der Waals surface area contributed by atoms with Crippen molar-refractivity contribution in [2.24, 2.45) is 0 Å². The standard InChI is InChI=1S/C12H7Cl2FINO/c13-7-2-1-6(3-8(7)14)18-12-4-9(15)10(16)5-11(12)17/h1-5H,17H2. The van der Waals surface area contributed by atoms with E-state index in [2.05, 4.69) is 0 Å². The molecule has 2 aromatic rings. The first kappa shape index (κ1) is 13.7. The second-order valence-corrected chi connectivity index (χ2v) is 5.46. The first-order valence-electron chi connectivity index (χ1n) is 4.85. The van der Waals surface area contributed by atoms with Crippen LogP contribution >= 0.6 is 45.8 Å². The summed E-state index contributed by atoms with van der Waals surface area (Å²) in [6.07, 6.45) is 0. The van der Waals surface area contributed by atoms with Crippen molar-refractivity contribution in [1.29, 1.82) is 0 Å². The van der Waals surface area contributed by atoms with Crippen LogP contribution in [0.2, 0.25) is 10.0 Å². The van der Waals surface area contributed by atoms with Gasteiger partial charge in [0.25, 0.3) is 0 Å². The lowest BCUT2D eigenvalue weighted by Crippen LogP contribution is -1.95. The minimum absolute atomic E-state index is 0.242. The average molecular weight is 398 g/mol. The topological polar surface area (TPSA) is 35.2 Å². The van der Waals surface area contributed by atoms with Gasteiger partial charge < -0.3 is 10.5 Å². The molecule has 0 saturated heterocycles. The summed E-state index contributed by atoms with van der Waals surface area (Å²) in [5.74, 6) is 0.294. The molecule has 0 saturated carbocycles. The van der Waals surface area contributed by atoms with Gasteiger partial charge in [-0.25, -0.2) is 4.39 Å². The van der Waals surface area contributed by atoms with Crippen molar-refractivity contribution < 1.29 is 9.13 Å². The SMILES string of the molecule is Nc1cc(I)c(F)cc1Oc1ccc(Cl)c(Cl)c1. The molecule has 18 heavy (non-hydrogen) atoms. The summed E-state index contributed by atoms with van der Waals surface area (Å²) in [7, 11) is 0. The van der Waals surface area contributed by atoms with Gasteiger partial charge in [-0.1, -0.05) is 23.2 Å². The summed E-state index contributed by atoms with van der Waals surface area (Å²) < 4.78 is 19.3. The van der Waals surface area contributed by atoms with Crippen molar-refractivity contribution in [2.45, 2.75) is 0 Å². The van der Waals surface area contributed by atoms with Gasteiger partial charge in [0.15, 0.2) is 5.75 Å². The third-order valence-electron chi connectivity index (χ3n) is 2.17. The Balaban J connectivity index is 2.34. The largest absolute Gasteiger partial charge is 0.455 e. The molecular formula is C12H7Cl2FINO. The Hall–Kier alpha value is -0.720. The van der Waals surface area contributed by atoms with Gasteiger partial charge in [0.2, 0.25) is 0 Å². The van der Waals surface area contributed by atoms with E-state index >= 15 is 0 Å². The van der Waals surface area contributed by atoms with Gasteiger partial charge in [0.05, 0.1) is 19.3 Å². The van der Waals surface area contributed by atoms with Crippen LogP contribution in [0.1, 0.15) is 0 Å². The number of anilines is 1. The molecule has 0 bridgehead atoms. The molecule has 0 unspecified atom stereocenters. The van der Waals surface area contributed by atoms with E-state index in [1.807, 2.05) is 22.6 Å².